The molecule has 0 aliphatic carbocycles. The Bertz CT molecular complexity index is 2360. The van der Waals surface area contributed by atoms with E-state index in [1.54, 1.807) is 48.5 Å². The number of rotatable bonds is 8. The van der Waals surface area contributed by atoms with Gasteiger partial charge in [0.25, 0.3) is 15.6 Å². The molecule has 2 aromatic heterocycles. The van der Waals surface area contributed by atoms with Crippen LogP contribution >= 0.6 is 0 Å². The number of hydrogen-bond donors (Lipinski definition) is 0. The van der Waals surface area contributed by atoms with Crippen LogP contribution in [0.3, 0.4) is 0 Å². The molecule has 2 saturated heterocycles. The molecule has 4 heterocycles. The smallest absolute Gasteiger partial charge is 0.410 e. The van der Waals surface area contributed by atoms with Crippen molar-refractivity contribution < 1.29 is 22.7 Å². The topological polar surface area (TPSA) is 106 Å². The molecule has 0 spiro atoms. The molecule has 11 nitrogen and oxygen atoms in total. The Labute approximate surface area is 317 Å². The SMILES string of the molecule is Cc1ccc(S(=O)(=O)n2ccc3c(-c4cc(C(C)C)ccc4Oc4cccc(N5CC(N6CCN(C(=O)OC(C)(C)C)CC6)C5)c4)cn(C)c(=O)c32)cc1. The van der Waals surface area contributed by atoms with Crippen molar-refractivity contribution in [2.45, 2.75) is 64.0 Å². The van der Waals surface area contributed by atoms with Gasteiger partial charge in [-0.15, -0.1) is 0 Å². The number of aryl methyl sites for hydroxylation is 2. The number of anilines is 1. The van der Waals surface area contributed by atoms with Crippen LogP contribution in [0.15, 0.2) is 94.9 Å². The molecule has 0 atom stereocenters. The Morgan fingerprint density at radius 1 is 0.889 bits per heavy atom. The maximum atomic E-state index is 13.9. The molecule has 5 aromatic rings. The number of aromatic nitrogens is 2. The lowest BCUT2D eigenvalue weighted by molar-refractivity contribution is 0.00876. The van der Waals surface area contributed by atoms with Crippen molar-refractivity contribution in [3.63, 3.8) is 0 Å². The molecule has 54 heavy (non-hydrogen) atoms. The minimum Gasteiger partial charge on any atom is -0.457 e. The number of carbonyl (C=O) groups excluding carboxylic acids is 1. The highest BCUT2D eigenvalue weighted by atomic mass is 32.2. The van der Waals surface area contributed by atoms with Crippen LogP contribution in [0.1, 0.15) is 51.7 Å². The summed E-state index contributed by atoms with van der Waals surface area (Å²) >= 11 is 0. The highest BCUT2D eigenvalue weighted by Crippen LogP contribution is 2.40. The molecule has 0 saturated carbocycles. The van der Waals surface area contributed by atoms with E-state index >= 15 is 0 Å². The molecule has 0 radical (unpaired) electrons. The van der Waals surface area contributed by atoms with E-state index in [2.05, 4.69) is 35.8 Å². The summed E-state index contributed by atoms with van der Waals surface area (Å²) in [5.74, 6) is 1.48. The number of amides is 1. The van der Waals surface area contributed by atoms with Gasteiger partial charge in [0, 0.05) is 93.0 Å². The summed E-state index contributed by atoms with van der Waals surface area (Å²) in [6.07, 6.45) is 2.97. The maximum absolute atomic E-state index is 13.9. The number of hydrogen-bond acceptors (Lipinski definition) is 8. The number of pyridine rings is 1. The van der Waals surface area contributed by atoms with Crippen LogP contribution < -0.4 is 15.2 Å². The number of benzene rings is 3. The van der Waals surface area contributed by atoms with Crippen LogP contribution in [-0.4, -0.2) is 83.8 Å². The van der Waals surface area contributed by atoms with Gasteiger partial charge in [-0.2, -0.15) is 0 Å². The van der Waals surface area contributed by atoms with Gasteiger partial charge in [0.1, 0.15) is 22.6 Å². The van der Waals surface area contributed by atoms with E-state index in [1.807, 2.05) is 58.0 Å². The normalized spacial score (nSPS) is 15.9. The van der Waals surface area contributed by atoms with Crippen molar-refractivity contribution in [2.75, 3.05) is 44.2 Å². The first-order valence-electron chi connectivity index (χ1n) is 18.5. The largest absolute Gasteiger partial charge is 0.457 e. The summed E-state index contributed by atoms with van der Waals surface area (Å²) in [4.78, 5) is 32.9. The van der Waals surface area contributed by atoms with Crippen LogP contribution in [0.25, 0.3) is 22.0 Å². The van der Waals surface area contributed by atoms with Gasteiger partial charge >= 0.3 is 6.09 Å². The van der Waals surface area contributed by atoms with Crippen LogP contribution in [0.4, 0.5) is 10.5 Å². The Morgan fingerprint density at radius 3 is 2.26 bits per heavy atom. The molecule has 2 aliphatic heterocycles. The summed E-state index contributed by atoms with van der Waals surface area (Å²) in [6, 6.07) is 22.8. The zero-order chi connectivity index (χ0) is 38.5. The van der Waals surface area contributed by atoms with Gasteiger partial charge in [0.05, 0.1) is 4.90 Å². The van der Waals surface area contributed by atoms with Crippen molar-refractivity contribution >= 4 is 32.7 Å². The zero-order valence-corrected chi connectivity index (χ0v) is 32.9. The average molecular weight is 752 g/mol. The molecule has 0 unspecified atom stereocenters. The molecular formula is C42H49N5O6S. The number of nitrogens with zero attached hydrogens (tertiary/aromatic N) is 5. The van der Waals surface area contributed by atoms with Crippen molar-refractivity contribution in [1.29, 1.82) is 0 Å². The van der Waals surface area contributed by atoms with Gasteiger partial charge in [0.15, 0.2) is 0 Å². The van der Waals surface area contributed by atoms with Gasteiger partial charge in [-0.05, 0) is 81.6 Å². The Morgan fingerprint density at radius 2 is 1.59 bits per heavy atom. The average Bonchev–Trinajstić information content (AvgIpc) is 3.56. The summed E-state index contributed by atoms with van der Waals surface area (Å²) in [7, 11) is -2.41. The van der Waals surface area contributed by atoms with E-state index in [0.29, 0.717) is 41.6 Å². The summed E-state index contributed by atoms with van der Waals surface area (Å²) in [6.45, 7) is 16.5. The van der Waals surface area contributed by atoms with E-state index in [9.17, 15) is 18.0 Å². The molecular weight excluding hydrogens is 703 g/mol. The molecule has 2 fully saturated rings. The van der Waals surface area contributed by atoms with E-state index < -0.39 is 21.2 Å². The standard InChI is InChI=1S/C42H49N5O6S/c1-28(2)30-13-16-38(36(23-30)37-27-43(7)40(48)39-35(37)17-18-47(39)54(50,51)34-14-11-29(3)12-15-34)52-33-10-8-9-31(24-33)46-25-32(26-46)44-19-21-45(22-20-44)41(49)53-42(4,5)6/h8-18,23-24,27-28,32H,19-22,25-26H2,1-7H3. The number of piperazine rings is 1. The van der Waals surface area contributed by atoms with Crippen LogP contribution in [-0.2, 0) is 21.8 Å². The fourth-order valence-corrected chi connectivity index (χ4v) is 8.48. The van der Waals surface area contributed by atoms with Crippen molar-refractivity contribution in [2.24, 2.45) is 7.05 Å². The molecule has 12 heteroatoms. The molecule has 1 amide bonds. The second-order valence-corrected chi connectivity index (χ2v) is 17.5. The fraction of sp³-hybridized carbons (Fsp3) is 0.381. The first kappa shape index (κ1) is 37.3. The predicted octanol–water partition coefficient (Wildman–Crippen LogP) is 7.21. The van der Waals surface area contributed by atoms with Crippen molar-refractivity contribution in [3.8, 4) is 22.6 Å². The monoisotopic (exact) mass is 751 g/mol. The third kappa shape index (κ3) is 7.37. The number of fused-ring (bicyclic) bond motifs is 1. The minimum atomic E-state index is -4.05. The van der Waals surface area contributed by atoms with Gasteiger partial charge < -0.3 is 23.8 Å². The van der Waals surface area contributed by atoms with Crippen LogP contribution in [0.5, 0.6) is 11.5 Å². The van der Waals surface area contributed by atoms with Crippen molar-refractivity contribution in [3.05, 3.63) is 107 Å². The van der Waals surface area contributed by atoms with Crippen LogP contribution in [0, 0.1) is 6.92 Å². The van der Waals surface area contributed by atoms with Gasteiger partial charge in [-0.25, -0.2) is 17.2 Å². The second-order valence-electron chi connectivity index (χ2n) is 15.7. The Balaban J connectivity index is 1.14. The van der Waals surface area contributed by atoms with E-state index in [-0.39, 0.29) is 22.4 Å². The third-order valence-electron chi connectivity index (χ3n) is 10.3. The Kier molecular flexibility index (Phi) is 9.86. The van der Waals surface area contributed by atoms with Gasteiger partial charge in [-0.3, -0.25) is 9.69 Å². The van der Waals surface area contributed by atoms with Gasteiger partial charge in [0.2, 0.25) is 0 Å². The lowest BCUT2D eigenvalue weighted by atomic mass is 9.96. The van der Waals surface area contributed by atoms with Crippen LogP contribution in [0.2, 0.25) is 0 Å². The maximum Gasteiger partial charge on any atom is 0.410 e. The lowest BCUT2D eigenvalue weighted by Crippen LogP contribution is -2.63. The fourth-order valence-electron chi connectivity index (χ4n) is 7.14. The summed E-state index contributed by atoms with van der Waals surface area (Å²) in [5, 5.41) is 0.520. The van der Waals surface area contributed by atoms with Gasteiger partial charge in [-0.1, -0.05) is 43.7 Å². The van der Waals surface area contributed by atoms with E-state index in [0.717, 1.165) is 52.5 Å². The van der Waals surface area contributed by atoms with E-state index in [1.165, 1.54) is 10.8 Å². The molecule has 0 N–H and O–H groups in total. The quantitative estimate of drug-likeness (QED) is 0.164. The zero-order valence-electron chi connectivity index (χ0n) is 32.1. The second kappa shape index (κ2) is 14.3. The highest BCUT2D eigenvalue weighted by Gasteiger charge is 2.35. The highest BCUT2D eigenvalue weighted by molar-refractivity contribution is 7.90. The molecule has 2 aliphatic rings. The van der Waals surface area contributed by atoms with Crippen molar-refractivity contribution in [1.82, 2.24) is 18.3 Å². The minimum absolute atomic E-state index is 0.0806. The molecule has 284 valence electrons. The lowest BCUT2D eigenvalue weighted by Gasteiger charge is -2.49. The molecule has 7 rings (SSSR count). The Hall–Kier alpha value is -5.07. The number of carbonyl (C=O) groups is 1. The number of ether oxygens (including phenoxy) is 2. The van der Waals surface area contributed by atoms with E-state index in [4.69, 9.17) is 9.47 Å². The first-order valence-corrected chi connectivity index (χ1v) is 19.9. The first-order chi connectivity index (χ1) is 25.6. The molecule has 3 aromatic carbocycles. The summed E-state index contributed by atoms with van der Waals surface area (Å²) in [5.41, 5.74) is 3.68. The third-order valence-corrected chi connectivity index (χ3v) is 12.0. The summed E-state index contributed by atoms with van der Waals surface area (Å²) < 4.78 is 42.4. The predicted molar refractivity (Wildman–Crippen MR) is 212 cm³/mol. The molecule has 0 bridgehead atoms.